The standard InChI is InChI=1S/C28H26N2O5/c1-30(2)26(32)23-24(18-7-5-4-6-8-18)28(19-11-9-17(16-29)10-12-19)27(33,25(23)31)21-14-13-20(34-3)15-22(21)35-28/h4-15,23-25,31,33H,1-3H3/t23-,24-,25-,27+,28+/m1/s1. The number of fused-ring (bicyclic) bond motifs is 3. The lowest BCUT2D eigenvalue weighted by Gasteiger charge is -2.40. The molecule has 0 radical (unpaired) electrons. The molecule has 5 rings (SSSR count). The number of nitrogens with zero attached hydrogens (tertiary/aromatic N) is 2. The van der Waals surface area contributed by atoms with Gasteiger partial charge >= 0.3 is 0 Å². The summed E-state index contributed by atoms with van der Waals surface area (Å²) in [7, 11) is 4.79. The second kappa shape index (κ2) is 8.12. The molecule has 0 saturated heterocycles. The minimum absolute atomic E-state index is 0.319. The van der Waals surface area contributed by atoms with Gasteiger partial charge in [-0.25, -0.2) is 0 Å². The minimum Gasteiger partial charge on any atom is -0.497 e. The molecule has 0 bridgehead atoms. The van der Waals surface area contributed by atoms with Crippen LogP contribution in [0.15, 0.2) is 72.8 Å². The fourth-order valence-corrected chi connectivity index (χ4v) is 5.78. The van der Waals surface area contributed by atoms with Gasteiger partial charge in [0.05, 0.1) is 24.7 Å². The first kappa shape index (κ1) is 22.9. The van der Waals surface area contributed by atoms with Crippen molar-refractivity contribution in [1.29, 1.82) is 5.26 Å². The summed E-state index contributed by atoms with van der Waals surface area (Å²) in [6, 6.07) is 23.2. The smallest absolute Gasteiger partial charge is 0.228 e. The topological polar surface area (TPSA) is 103 Å². The van der Waals surface area contributed by atoms with Crippen LogP contribution in [0.5, 0.6) is 11.5 Å². The van der Waals surface area contributed by atoms with E-state index in [1.54, 1.807) is 56.6 Å². The van der Waals surface area contributed by atoms with Crippen molar-refractivity contribution in [2.75, 3.05) is 21.2 Å². The number of amides is 1. The third-order valence-corrected chi connectivity index (χ3v) is 7.33. The molecule has 7 heteroatoms. The molecule has 1 amide bonds. The summed E-state index contributed by atoms with van der Waals surface area (Å²) in [4.78, 5) is 15.0. The zero-order valence-corrected chi connectivity index (χ0v) is 19.7. The Morgan fingerprint density at radius 3 is 2.37 bits per heavy atom. The fourth-order valence-electron chi connectivity index (χ4n) is 5.78. The van der Waals surface area contributed by atoms with Gasteiger partial charge in [0.1, 0.15) is 17.6 Å². The Hall–Kier alpha value is -3.86. The molecular formula is C28H26N2O5. The molecule has 0 spiro atoms. The summed E-state index contributed by atoms with van der Waals surface area (Å²) < 4.78 is 12.0. The zero-order chi connectivity index (χ0) is 25.0. The molecule has 5 atom stereocenters. The Morgan fingerprint density at radius 2 is 1.77 bits per heavy atom. The maximum Gasteiger partial charge on any atom is 0.228 e. The van der Waals surface area contributed by atoms with Crippen LogP contribution >= 0.6 is 0 Å². The Morgan fingerprint density at radius 1 is 1.09 bits per heavy atom. The minimum atomic E-state index is -1.96. The van der Waals surface area contributed by atoms with Crippen LogP contribution in [0.2, 0.25) is 0 Å². The second-order valence-corrected chi connectivity index (χ2v) is 9.25. The van der Waals surface area contributed by atoms with E-state index >= 15 is 0 Å². The summed E-state index contributed by atoms with van der Waals surface area (Å²) in [5.74, 6) is -1.16. The van der Waals surface area contributed by atoms with Crippen LogP contribution in [0, 0.1) is 17.2 Å². The summed E-state index contributed by atoms with van der Waals surface area (Å²) in [6.07, 6.45) is -1.48. The summed E-state index contributed by atoms with van der Waals surface area (Å²) in [6.45, 7) is 0. The monoisotopic (exact) mass is 470 g/mol. The molecule has 2 N–H and O–H groups in total. The van der Waals surface area contributed by atoms with E-state index in [1.165, 1.54) is 12.0 Å². The predicted octanol–water partition coefficient (Wildman–Crippen LogP) is 2.91. The van der Waals surface area contributed by atoms with E-state index in [4.69, 9.17) is 9.47 Å². The second-order valence-electron chi connectivity index (χ2n) is 9.25. The lowest BCUT2D eigenvalue weighted by atomic mass is 9.70. The van der Waals surface area contributed by atoms with Crippen LogP contribution in [0.25, 0.3) is 0 Å². The lowest BCUT2D eigenvalue weighted by molar-refractivity contribution is -0.155. The first-order valence-electron chi connectivity index (χ1n) is 11.3. The highest BCUT2D eigenvalue weighted by Crippen LogP contribution is 2.68. The highest BCUT2D eigenvalue weighted by Gasteiger charge is 2.77. The first-order valence-corrected chi connectivity index (χ1v) is 11.3. The molecule has 1 heterocycles. The number of aliphatic hydroxyl groups is 2. The molecule has 2 aliphatic rings. The van der Waals surface area contributed by atoms with E-state index in [2.05, 4.69) is 6.07 Å². The van der Waals surface area contributed by atoms with Crippen LogP contribution in [0.1, 0.15) is 28.2 Å². The van der Waals surface area contributed by atoms with Crippen LogP contribution in [0.3, 0.4) is 0 Å². The fraction of sp³-hybridized carbons (Fsp3) is 0.286. The van der Waals surface area contributed by atoms with Crippen LogP contribution in [-0.4, -0.2) is 48.3 Å². The number of rotatable bonds is 4. The van der Waals surface area contributed by atoms with Gasteiger partial charge in [0.2, 0.25) is 5.91 Å². The van der Waals surface area contributed by atoms with Crippen LogP contribution in [0.4, 0.5) is 0 Å². The number of aliphatic hydroxyl groups excluding tert-OH is 1. The number of hydrogen-bond donors (Lipinski definition) is 2. The van der Waals surface area contributed by atoms with Gasteiger partial charge in [-0.3, -0.25) is 4.79 Å². The van der Waals surface area contributed by atoms with E-state index in [0.717, 1.165) is 5.56 Å². The normalized spacial score (nSPS) is 28.4. The molecule has 178 valence electrons. The zero-order valence-electron chi connectivity index (χ0n) is 19.7. The van der Waals surface area contributed by atoms with Gasteiger partial charge in [0.25, 0.3) is 0 Å². The molecule has 0 unspecified atom stereocenters. The molecular weight excluding hydrogens is 444 g/mol. The van der Waals surface area contributed by atoms with E-state index in [9.17, 15) is 20.3 Å². The molecule has 1 aliphatic heterocycles. The molecule has 1 fully saturated rings. The summed E-state index contributed by atoms with van der Waals surface area (Å²) in [5.41, 5.74) is -1.39. The molecule has 1 saturated carbocycles. The number of ether oxygens (including phenoxy) is 2. The number of benzene rings is 3. The molecule has 7 nitrogen and oxygen atoms in total. The number of hydrogen-bond acceptors (Lipinski definition) is 6. The van der Waals surface area contributed by atoms with E-state index in [1.807, 2.05) is 30.3 Å². The van der Waals surface area contributed by atoms with E-state index < -0.39 is 29.1 Å². The largest absolute Gasteiger partial charge is 0.497 e. The Kier molecular flexibility index (Phi) is 5.32. The van der Waals surface area contributed by atoms with Crippen LogP contribution in [-0.2, 0) is 16.0 Å². The van der Waals surface area contributed by atoms with Gasteiger partial charge in [0.15, 0.2) is 11.2 Å². The maximum atomic E-state index is 13.5. The van der Waals surface area contributed by atoms with Gasteiger partial charge in [-0.2, -0.15) is 5.26 Å². The Bertz CT molecular complexity index is 1320. The first-order chi connectivity index (χ1) is 16.8. The molecule has 3 aromatic rings. The van der Waals surface area contributed by atoms with Crippen molar-refractivity contribution in [2.45, 2.75) is 23.2 Å². The average molecular weight is 471 g/mol. The lowest BCUT2D eigenvalue weighted by Crippen LogP contribution is -2.52. The highest BCUT2D eigenvalue weighted by molar-refractivity contribution is 5.82. The van der Waals surface area contributed by atoms with Gasteiger partial charge in [0, 0.05) is 31.6 Å². The van der Waals surface area contributed by atoms with Crippen molar-refractivity contribution in [3.8, 4) is 17.6 Å². The number of carbonyl (C=O) groups excluding carboxylic acids is 1. The quantitative estimate of drug-likeness (QED) is 0.608. The van der Waals surface area contributed by atoms with Crippen molar-refractivity contribution in [3.63, 3.8) is 0 Å². The number of nitriles is 1. The summed E-state index contributed by atoms with van der Waals surface area (Å²) >= 11 is 0. The number of methoxy groups -OCH3 is 1. The van der Waals surface area contributed by atoms with Gasteiger partial charge < -0.3 is 24.6 Å². The SMILES string of the molecule is COc1ccc2c(c1)O[C@@]1(c3ccc(C#N)cc3)[C@H](c3ccccc3)[C@@H](C(=O)N(C)C)[C@@H](O)[C@@]21O. The van der Waals surface area contributed by atoms with Gasteiger partial charge in [-0.05, 0) is 35.4 Å². The van der Waals surface area contributed by atoms with Crippen molar-refractivity contribution in [1.82, 2.24) is 4.90 Å². The third-order valence-electron chi connectivity index (χ3n) is 7.33. The molecule has 3 aromatic carbocycles. The van der Waals surface area contributed by atoms with E-state index in [-0.39, 0.29) is 5.91 Å². The van der Waals surface area contributed by atoms with Gasteiger partial charge in [-0.15, -0.1) is 0 Å². The third kappa shape index (κ3) is 3.00. The van der Waals surface area contributed by atoms with Crippen molar-refractivity contribution >= 4 is 5.91 Å². The van der Waals surface area contributed by atoms with Gasteiger partial charge in [-0.1, -0.05) is 42.5 Å². The molecule has 35 heavy (non-hydrogen) atoms. The van der Waals surface area contributed by atoms with Crippen molar-refractivity contribution in [2.24, 2.45) is 5.92 Å². The average Bonchev–Trinajstić information content (AvgIpc) is 3.26. The predicted molar refractivity (Wildman–Crippen MR) is 128 cm³/mol. The Balaban J connectivity index is 1.85. The van der Waals surface area contributed by atoms with E-state index in [0.29, 0.717) is 28.2 Å². The maximum absolute atomic E-state index is 13.5. The molecule has 0 aromatic heterocycles. The van der Waals surface area contributed by atoms with Crippen molar-refractivity contribution < 1.29 is 24.5 Å². The van der Waals surface area contributed by atoms with Crippen molar-refractivity contribution in [3.05, 3.63) is 95.1 Å². The Labute approximate surface area is 203 Å². The summed E-state index contributed by atoms with van der Waals surface area (Å²) in [5, 5.41) is 33.7. The molecule has 1 aliphatic carbocycles. The highest BCUT2D eigenvalue weighted by atomic mass is 16.5. The van der Waals surface area contributed by atoms with Crippen LogP contribution < -0.4 is 9.47 Å². The number of carbonyl (C=O) groups is 1.